The van der Waals surface area contributed by atoms with E-state index in [1.807, 2.05) is 0 Å². The van der Waals surface area contributed by atoms with Gasteiger partial charge in [-0.25, -0.2) is 0 Å². The van der Waals surface area contributed by atoms with E-state index in [-0.39, 0.29) is 0 Å². The number of nitrogens with one attached hydrogen (secondary N) is 1. The van der Waals surface area contributed by atoms with E-state index in [2.05, 4.69) is 19.2 Å². The third kappa shape index (κ3) is 1.75. The van der Waals surface area contributed by atoms with Crippen molar-refractivity contribution in [2.75, 3.05) is 19.7 Å². The Morgan fingerprint density at radius 3 is 2.85 bits per heavy atom. The molecular weight excluding hydrogens is 162 g/mol. The largest absolute Gasteiger partial charge is 0.378 e. The van der Waals surface area contributed by atoms with Gasteiger partial charge in [0, 0.05) is 6.61 Å². The molecule has 1 N–H and O–H groups in total. The monoisotopic (exact) mass is 183 g/mol. The summed E-state index contributed by atoms with van der Waals surface area (Å²) in [5.74, 6) is 0.826. The van der Waals surface area contributed by atoms with Crippen molar-refractivity contribution in [2.24, 2.45) is 11.3 Å². The van der Waals surface area contributed by atoms with E-state index in [9.17, 15) is 0 Å². The topological polar surface area (TPSA) is 21.3 Å². The minimum atomic E-state index is 0.481. The smallest absolute Gasteiger partial charge is 0.0552 e. The SMILES string of the molecule is CC1CC2(CCNCC2C)CCO1. The van der Waals surface area contributed by atoms with Gasteiger partial charge in [0.05, 0.1) is 6.10 Å². The van der Waals surface area contributed by atoms with E-state index in [4.69, 9.17) is 4.74 Å². The van der Waals surface area contributed by atoms with Gasteiger partial charge in [0.25, 0.3) is 0 Å². The molecule has 2 nitrogen and oxygen atoms in total. The molecule has 0 saturated carbocycles. The van der Waals surface area contributed by atoms with E-state index < -0.39 is 0 Å². The van der Waals surface area contributed by atoms with Crippen LogP contribution >= 0.6 is 0 Å². The molecule has 0 aromatic heterocycles. The molecule has 0 aromatic rings. The number of rotatable bonds is 0. The summed E-state index contributed by atoms with van der Waals surface area (Å²) in [5, 5.41) is 3.48. The van der Waals surface area contributed by atoms with Crippen LogP contribution in [0.5, 0.6) is 0 Å². The Morgan fingerprint density at radius 1 is 1.31 bits per heavy atom. The first kappa shape index (κ1) is 9.47. The fourth-order valence-electron chi connectivity index (χ4n) is 2.99. The van der Waals surface area contributed by atoms with Gasteiger partial charge in [0.2, 0.25) is 0 Å². The van der Waals surface area contributed by atoms with Crippen LogP contribution in [0.1, 0.15) is 33.1 Å². The average molecular weight is 183 g/mol. The van der Waals surface area contributed by atoms with E-state index in [1.165, 1.54) is 32.4 Å². The molecule has 2 heteroatoms. The van der Waals surface area contributed by atoms with Crippen LogP contribution in [0.25, 0.3) is 0 Å². The lowest BCUT2D eigenvalue weighted by Crippen LogP contribution is -2.48. The zero-order chi connectivity index (χ0) is 9.31. The first-order valence-electron chi connectivity index (χ1n) is 5.55. The number of ether oxygens (including phenoxy) is 1. The fourth-order valence-corrected chi connectivity index (χ4v) is 2.99. The normalized spacial score (nSPS) is 46.6. The average Bonchev–Trinajstić information content (AvgIpc) is 2.11. The molecule has 3 unspecified atom stereocenters. The molecule has 0 amide bonds. The molecule has 2 fully saturated rings. The van der Waals surface area contributed by atoms with Crippen molar-refractivity contribution in [3.63, 3.8) is 0 Å². The molecule has 0 radical (unpaired) electrons. The summed E-state index contributed by atoms with van der Waals surface area (Å²) in [6.45, 7) is 8.00. The van der Waals surface area contributed by atoms with E-state index >= 15 is 0 Å². The van der Waals surface area contributed by atoms with E-state index in [0.29, 0.717) is 11.5 Å². The van der Waals surface area contributed by atoms with Crippen molar-refractivity contribution in [3.05, 3.63) is 0 Å². The van der Waals surface area contributed by atoms with Crippen LogP contribution in [-0.4, -0.2) is 25.8 Å². The summed E-state index contributed by atoms with van der Waals surface area (Å²) in [5.41, 5.74) is 0.600. The fraction of sp³-hybridized carbons (Fsp3) is 1.00. The van der Waals surface area contributed by atoms with Crippen molar-refractivity contribution in [2.45, 2.75) is 39.2 Å². The number of piperidine rings is 1. The van der Waals surface area contributed by atoms with Gasteiger partial charge >= 0.3 is 0 Å². The Labute approximate surface area is 81.0 Å². The van der Waals surface area contributed by atoms with Crippen molar-refractivity contribution in [1.82, 2.24) is 5.32 Å². The van der Waals surface area contributed by atoms with Crippen LogP contribution in [0.4, 0.5) is 0 Å². The van der Waals surface area contributed by atoms with Crippen LogP contribution < -0.4 is 5.32 Å². The Hall–Kier alpha value is -0.0800. The maximum atomic E-state index is 5.63. The highest BCUT2D eigenvalue weighted by Gasteiger charge is 2.41. The minimum absolute atomic E-state index is 0.481. The molecule has 2 rings (SSSR count). The molecule has 13 heavy (non-hydrogen) atoms. The molecule has 0 aliphatic carbocycles. The molecule has 2 saturated heterocycles. The summed E-state index contributed by atoms with van der Waals surface area (Å²) < 4.78 is 5.63. The first-order chi connectivity index (χ1) is 6.23. The summed E-state index contributed by atoms with van der Waals surface area (Å²) in [4.78, 5) is 0. The molecule has 76 valence electrons. The highest BCUT2D eigenvalue weighted by Crippen LogP contribution is 2.44. The summed E-state index contributed by atoms with van der Waals surface area (Å²) in [7, 11) is 0. The Morgan fingerprint density at radius 2 is 2.15 bits per heavy atom. The van der Waals surface area contributed by atoms with Gasteiger partial charge in [-0.15, -0.1) is 0 Å². The zero-order valence-corrected chi connectivity index (χ0v) is 8.81. The second kappa shape index (κ2) is 3.58. The molecule has 3 atom stereocenters. The third-order valence-corrected chi connectivity index (χ3v) is 3.99. The van der Waals surface area contributed by atoms with Crippen molar-refractivity contribution < 1.29 is 4.74 Å². The maximum absolute atomic E-state index is 5.63. The third-order valence-electron chi connectivity index (χ3n) is 3.99. The van der Waals surface area contributed by atoms with Crippen LogP contribution in [-0.2, 0) is 4.74 Å². The molecule has 0 bridgehead atoms. The van der Waals surface area contributed by atoms with Gasteiger partial charge < -0.3 is 10.1 Å². The van der Waals surface area contributed by atoms with Crippen molar-refractivity contribution in [3.8, 4) is 0 Å². The number of hydrogen-bond acceptors (Lipinski definition) is 2. The molecule has 0 aromatic carbocycles. The summed E-state index contributed by atoms with van der Waals surface area (Å²) in [6.07, 6.45) is 4.38. The lowest BCUT2D eigenvalue weighted by Gasteiger charge is -2.47. The van der Waals surface area contributed by atoms with E-state index in [1.54, 1.807) is 0 Å². The highest BCUT2D eigenvalue weighted by atomic mass is 16.5. The van der Waals surface area contributed by atoms with Gasteiger partial charge in [0.1, 0.15) is 0 Å². The van der Waals surface area contributed by atoms with Gasteiger partial charge in [-0.2, -0.15) is 0 Å². The Balaban J connectivity index is 2.07. The van der Waals surface area contributed by atoms with Gasteiger partial charge in [0.15, 0.2) is 0 Å². The van der Waals surface area contributed by atoms with Crippen LogP contribution in [0.15, 0.2) is 0 Å². The predicted molar refractivity (Wildman–Crippen MR) is 53.7 cm³/mol. The predicted octanol–water partition coefficient (Wildman–Crippen LogP) is 1.80. The van der Waals surface area contributed by atoms with Crippen molar-refractivity contribution >= 4 is 0 Å². The van der Waals surface area contributed by atoms with Gasteiger partial charge in [-0.05, 0) is 50.6 Å². The quantitative estimate of drug-likeness (QED) is 0.618. The minimum Gasteiger partial charge on any atom is -0.378 e. The Bertz CT molecular complexity index is 179. The molecule has 2 heterocycles. The maximum Gasteiger partial charge on any atom is 0.0552 e. The standard InChI is InChI=1S/C11H21NO/c1-9-8-12-5-3-11(9)4-6-13-10(2)7-11/h9-10,12H,3-8H2,1-2H3. The second-order valence-electron chi connectivity index (χ2n) is 4.85. The van der Waals surface area contributed by atoms with Gasteiger partial charge in [-0.1, -0.05) is 6.92 Å². The lowest BCUT2D eigenvalue weighted by atomic mass is 9.65. The van der Waals surface area contributed by atoms with Crippen LogP contribution in [0, 0.1) is 11.3 Å². The number of hydrogen-bond donors (Lipinski definition) is 1. The van der Waals surface area contributed by atoms with Crippen LogP contribution in [0.2, 0.25) is 0 Å². The molecule has 1 spiro atoms. The van der Waals surface area contributed by atoms with E-state index in [0.717, 1.165) is 12.5 Å². The molecule has 2 aliphatic heterocycles. The zero-order valence-electron chi connectivity index (χ0n) is 8.81. The van der Waals surface area contributed by atoms with Gasteiger partial charge in [-0.3, -0.25) is 0 Å². The second-order valence-corrected chi connectivity index (χ2v) is 4.85. The summed E-state index contributed by atoms with van der Waals surface area (Å²) >= 11 is 0. The summed E-state index contributed by atoms with van der Waals surface area (Å²) in [6, 6.07) is 0. The van der Waals surface area contributed by atoms with Crippen molar-refractivity contribution in [1.29, 1.82) is 0 Å². The molecule has 2 aliphatic rings. The highest BCUT2D eigenvalue weighted by molar-refractivity contribution is 4.92. The molecular formula is C11H21NO. The first-order valence-corrected chi connectivity index (χ1v) is 5.55. The van der Waals surface area contributed by atoms with Crippen LogP contribution in [0.3, 0.4) is 0 Å². The lowest BCUT2D eigenvalue weighted by molar-refractivity contribution is -0.0714. The Kier molecular flexibility index (Phi) is 2.61.